The van der Waals surface area contributed by atoms with Crippen molar-refractivity contribution in [2.45, 2.75) is 38.1 Å². The summed E-state index contributed by atoms with van der Waals surface area (Å²) < 4.78 is 0. The smallest absolute Gasteiger partial charge is 0.274 e. The predicted octanol–water partition coefficient (Wildman–Crippen LogP) is 1.01. The highest BCUT2D eigenvalue weighted by atomic mass is 16.2. The summed E-state index contributed by atoms with van der Waals surface area (Å²) >= 11 is 0. The van der Waals surface area contributed by atoms with E-state index in [1.807, 2.05) is 23.8 Å². The first kappa shape index (κ1) is 14.0. The number of carbonyl (C=O) groups excluding carboxylic acids is 2. The zero-order chi connectivity index (χ0) is 15.0. The van der Waals surface area contributed by atoms with Crippen LogP contribution < -0.4 is 0 Å². The molecule has 112 valence electrons. The number of hydrogen-bond donors (Lipinski definition) is 0. The maximum Gasteiger partial charge on any atom is 0.274 e. The summed E-state index contributed by atoms with van der Waals surface area (Å²) in [6.07, 6.45) is 6.45. The monoisotopic (exact) mass is 288 g/mol. The lowest BCUT2D eigenvalue weighted by Crippen LogP contribution is -2.56. The Morgan fingerprint density at radius 3 is 2.71 bits per heavy atom. The minimum atomic E-state index is -0.177. The number of aryl methyl sites for hydroxylation is 1. The van der Waals surface area contributed by atoms with E-state index in [2.05, 4.69) is 9.97 Å². The summed E-state index contributed by atoms with van der Waals surface area (Å²) in [5.41, 5.74) is 0.996. The lowest BCUT2D eigenvalue weighted by molar-refractivity contribution is -0.130. The summed E-state index contributed by atoms with van der Waals surface area (Å²) in [6, 6.07) is 0. The van der Waals surface area contributed by atoms with Crippen molar-refractivity contribution in [2.75, 3.05) is 20.1 Å². The molecule has 2 aliphatic heterocycles. The van der Waals surface area contributed by atoms with Crippen LogP contribution in [0.4, 0.5) is 0 Å². The van der Waals surface area contributed by atoms with Crippen molar-refractivity contribution in [3.05, 3.63) is 23.8 Å². The third kappa shape index (κ3) is 2.39. The van der Waals surface area contributed by atoms with Gasteiger partial charge in [0.05, 0.1) is 17.4 Å². The van der Waals surface area contributed by atoms with E-state index in [4.69, 9.17) is 0 Å². The molecule has 1 atom stereocenters. The van der Waals surface area contributed by atoms with E-state index >= 15 is 0 Å². The van der Waals surface area contributed by atoms with Crippen LogP contribution in [0.25, 0.3) is 0 Å². The molecule has 0 aromatic carbocycles. The highest BCUT2D eigenvalue weighted by Crippen LogP contribution is 2.36. The van der Waals surface area contributed by atoms with Gasteiger partial charge in [0.2, 0.25) is 5.91 Å². The number of carbonyl (C=O) groups is 2. The molecule has 0 N–H and O–H groups in total. The van der Waals surface area contributed by atoms with E-state index in [0.29, 0.717) is 18.7 Å². The van der Waals surface area contributed by atoms with E-state index in [0.717, 1.165) is 31.5 Å². The van der Waals surface area contributed by atoms with Crippen molar-refractivity contribution in [1.29, 1.82) is 0 Å². The molecule has 0 saturated carbocycles. The van der Waals surface area contributed by atoms with Crippen LogP contribution in [-0.4, -0.2) is 57.3 Å². The fourth-order valence-corrected chi connectivity index (χ4v) is 3.37. The topological polar surface area (TPSA) is 66.4 Å². The third-order valence-corrected chi connectivity index (χ3v) is 4.73. The van der Waals surface area contributed by atoms with Crippen LogP contribution in [0, 0.1) is 6.92 Å². The highest BCUT2D eigenvalue weighted by Gasteiger charge is 2.46. The molecule has 3 heterocycles. The Balaban J connectivity index is 1.78. The number of piperidine rings is 1. The molecular formula is C15H20N4O2. The van der Waals surface area contributed by atoms with Gasteiger partial charge in [-0.05, 0) is 26.2 Å². The number of amides is 2. The van der Waals surface area contributed by atoms with Crippen molar-refractivity contribution in [3.63, 3.8) is 0 Å². The molecular weight excluding hydrogens is 268 g/mol. The minimum Gasteiger partial charge on any atom is -0.338 e. The van der Waals surface area contributed by atoms with Gasteiger partial charge >= 0.3 is 0 Å². The number of nitrogens with zero attached hydrogens (tertiary/aromatic N) is 4. The maximum atomic E-state index is 12.6. The molecule has 6 nitrogen and oxygen atoms in total. The van der Waals surface area contributed by atoms with Gasteiger partial charge in [-0.15, -0.1) is 0 Å². The van der Waals surface area contributed by atoms with Crippen molar-refractivity contribution < 1.29 is 9.59 Å². The van der Waals surface area contributed by atoms with E-state index in [-0.39, 0.29) is 17.4 Å². The quantitative estimate of drug-likeness (QED) is 0.773. The van der Waals surface area contributed by atoms with Gasteiger partial charge in [-0.1, -0.05) is 0 Å². The summed E-state index contributed by atoms with van der Waals surface area (Å²) in [6.45, 7) is 3.16. The average Bonchev–Trinajstić information content (AvgIpc) is 2.76. The first-order valence-electron chi connectivity index (χ1n) is 7.36. The number of rotatable bonds is 1. The Morgan fingerprint density at radius 1 is 1.29 bits per heavy atom. The standard InChI is InChI=1S/C15H20N4O2/c1-11-8-17-12(9-16-11)14(21)19-7-3-5-15(10-19)6-4-13(20)18(15)2/h8-9H,3-7,10H2,1-2H3/t15-/m0/s1. The van der Waals surface area contributed by atoms with E-state index in [1.54, 1.807) is 6.20 Å². The van der Waals surface area contributed by atoms with Crippen LogP contribution in [0.5, 0.6) is 0 Å². The van der Waals surface area contributed by atoms with Crippen LogP contribution in [0.15, 0.2) is 12.4 Å². The SMILES string of the molecule is Cc1cnc(C(=O)N2CCC[C@]3(CCC(=O)N3C)C2)cn1. The summed E-state index contributed by atoms with van der Waals surface area (Å²) in [7, 11) is 1.86. The van der Waals surface area contributed by atoms with Crippen LogP contribution >= 0.6 is 0 Å². The number of likely N-dealkylation sites (tertiary alicyclic amines) is 2. The average molecular weight is 288 g/mol. The summed E-state index contributed by atoms with van der Waals surface area (Å²) in [5, 5.41) is 0. The van der Waals surface area contributed by atoms with Crippen LogP contribution in [-0.2, 0) is 4.79 Å². The molecule has 2 amide bonds. The number of aromatic nitrogens is 2. The van der Waals surface area contributed by atoms with E-state index < -0.39 is 0 Å². The Bertz CT molecular complexity index is 572. The largest absolute Gasteiger partial charge is 0.338 e. The van der Waals surface area contributed by atoms with Crippen molar-refractivity contribution in [2.24, 2.45) is 0 Å². The van der Waals surface area contributed by atoms with Gasteiger partial charge in [-0.3, -0.25) is 14.6 Å². The Kier molecular flexibility index (Phi) is 3.39. The fraction of sp³-hybridized carbons (Fsp3) is 0.600. The second kappa shape index (κ2) is 5.09. The fourth-order valence-electron chi connectivity index (χ4n) is 3.37. The second-order valence-electron chi connectivity index (χ2n) is 6.05. The Hall–Kier alpha value is -1.98. The van der Waals surface area contributed by atoms with Gasteiger partial charge in [0.15, 0.2) is 0 Å². The van der Waals surface area contributed by atoms with Gasteiger partial charge in [0, 0.05) is 32.8 Å². The molecule has 2 fully saturated rings. The van der Waals surface area contributed by atoms with Gasteiger partial charge in [0.1, 0.15) is 5.69 Å². The summed E-state index contributed by atoms with van der Waals surface area (Å²) in [5.74, 6) is 0.0914. The highest BCUT2D eigenvalue weighted by molar-refractivity contribution is 5.92. The zero-order valence-corrected chi connectivity index (χ0v) is 12.5. The number of hydrogen-bond acceptors (Lipinski definition) is 4. The van der Waals surface area contributed by atoms with Crippen LogP contribution in [0.2, 0.25) is 0 Å². The molecule has 0 unspecified atom stereocenters. The lowest BCUT2D eigenvalue weighted by atomic mass is 9.86. The van der Waals surface area contributed by atoms with Gasteiger partial charge in [0.25, 0.3) is 5.91 Å². The van der Waals surface area contributed by atoms with Crippen molar-refractivity contribution in [3.8, 4) is 0 Å². The molecule has 0 aliphatic carbocycles. The maximum absolute atomic E-state index is 12.6. The minimum absolute atomic E-state index is 0.0886. The molecule has 3 rings (SSSR count). The van der Waals surface area contributed by atoms with Crippen molar-refractivity contribution in [1.82, 2.24) is 19.8 Å². The van der Waals surface area contributed by atoms with Gasteiger partial charge < -0.3 is 9.80 Å². The first-order chi connectivity index (χ1) is 10.0. The van der Waals surface area contributed by atoms with Crippen molar-refractivity contribution >= 4 is 11.8 Å². The molecule has 0 bridgehead atoms. The molecule has 6 heteroatoms. The molecule has 1 spiro atoms. The van der Waals surface area contributed by atoms with Gasteiger partial charge in [-0.25, -0.2) is 4.98 Å². The first-order valence-corrected chi connectivity index (χ1v) is 7.36. The number of likely N-dealkylation sites (N-methyl/N-ethyl adjacent to an activating group) is 1. The molecule has 2 saturated heterocycles. The molecule has 21 heavy (non-hydrogen) atoms. The Morgan fingerprint density at radius 2 is 2.10 bits per heavy atom. The lowest BCUT2D eigenvalue weighted by Gasteiger charge is -2.44. The molecule has 1 aromatic rings. The van der Waals surface area contributed by atoms with Crippen LogP contribution in [0.3, 0.4) is 0 Å². The van der Waals surface area contributed by atoms with E-state index in [9.17, 15) is 9.59 Å². The third-order valence-electron chi connectivity index (χ3n) is 4.73. The predicted molar refractivity (Wildman–Crippen MR) is 76.6 cm³/mol. The Labute approximate surface area is 124 Å². The van der Waals surface area contributed by atoms with Gasteiger partial charge in [-0.2, -0.15) is 0 Å². The normalized spacial score (nSPS) is 25.7. The van der Waals surface area contributed by atoms with E-state index in [1.165, 1.54) is 6.20 Å². The second-order valence-corrected chi connectivity index (χ2v) is 6.05. The van der Waals surface area contributed by atoms with Crippen LogP contribution in [0.1, 0.15) is 41.9 Å². The molecule has 1 aromatic heterocycles. The summed E-state index contributed by atoms with van der Waals surface area (Å²) in [4.78, 5) is 36.4. The zero-order valence-electron chi connectivity index (χ0n) is 12.5. The molecule has 0 radical (unpaired) electrons. The molecule has 2 aliphatic rings.